The van der Waals surface area contributed by atoms with Crippen LogP contribution in [0.15, 0.2) is 78.4 Å². The summed E-state index contributed by atoms with van der Waals surface area (Å²) in [6.45, 7) is 0.118. The molecule has 0 unspecified atom stereocenters. The number of ether oxygens (including phenoxy) is 1. The standard InChI is InChI=1S/C24H16N4O8/c29-22-21(23(30)26(24(31)25-22)18-4-2-5-19(13-18)28(34)35)12-16-3-1-6-20(11-16)36-14-15-7-9-17(10-8-15)27(32)33/h1-13H,14H2,(H,25,29,31)/b21-12-. The first kappa shape index (κ1) is 23.8. The molecule has 180 valence electrons. The van der Waals surface area contributed by atoms with Gasteiger partial charge in [0.2, 0.25) is 0 Å². The van der Waals surface area contributed by atoms with Crippen molar-refractivity contribution >= 4 is 41.0 Å². The maximum atomic E-state index is 13.0. The van der Waals surface area contributed by atoms with E-state index in [0.29, 0.717) is 21.8 Å². The Hall–Kier alpha value is -5.39. The molecule has 0 bridgehead atoms. The van der Waals surface area contributed by atoms with Crippen LogP contribution in [-0.2, 0) is 16.2 Å². The summed E-state index contributed by atoms with van der Waals surface area (Å²) in [5.74, 6) is -1.46. The van der Waals surface area contributed by atoms with Crippen molar-refractivity contribution in [3.63, 3.8) is 0 Å². The van der Waals surface area contributed by atoms with E-state index in [1.165, 1.54) is 36.4 Å². The van der Waals surface area contributed by atoms with Gasteiger partial charge in [0.1, 0.15) is 17.9 Å². The van der Waals surface area contributed by atoms with Crippen molar-refractivity contribution in [2.75, 3.05) is 4.90 Å². The molecule has 0 atom stereocenters. The number of nitro benzene ring substituents is 2. The highest BCUT2D eigenvalue weighted by molar-refractivity contribution is 6.39. The number of anilines is 1. The number of benzene rings is 3. The molecular weight excluding hydrogens is 472 g/mol. The molecule has 4 amide bonds. The van der Waals surface area contributed by atoms with E-state index in [2.05, 4.69) is 5.32 Å². The molecule has 1 aliphatic heterocycles. The molecule has 1 N–H and O–H groups in total. The number of imide groups is 2. The minimum absolute atomic E-state index is 0.0413. The van der Waals surface area contributed by atoms with Gasteiger partial charge in [0.05, 0.1) is 15.5 Å². The Morgan fingerprint density at radius 2 is 1.56 bits per heavy atom. The van der Waals surface area contributed by atoms with E-state index in [4.69, 9.17) is 4.74 Å². The SMILES string of the molecule is O=C1NC(=O)N(c2cccc([N+](=O)[O-])c2)C(=O)/C1=C\c1cccc(OCc2ccc([N+](=O)[O-])cc2)c1. The predicted molar refractivity (Wildman–Crippen MR) is 126 cm³/mol. The van der Waals surface area contributed by atoms with E-state index in [0.717, 1.165) is 6.07 Å². The first-order chi connectivity index (χ1) is 17.2. The number of urea groups is 1. The van der Waals surface area contributed by atoms with Crippen LogP contribution >= 0.6 is 0 Å². The molecule has 0 saturated carbocycles. The summed E-state index contributed by atoms with van der Waals surface area (Å²) in [6.07, 6.45) is 1.27. The molecule has 12 heteroatoms. The van der Waals surface area contributed by atoms with Crippen LogP contribution in [-0.4, -0.2) is 27.7 Å². The average molecular weight is 488 g/mol. The number of hydrogen-bond acceptors (Lipinski definition) is 8. The van der Waals surface area contributed by atoms with Gasteiger partial charge in [0.25, 0.3) is 23.2 Å². The van der Waals surface area contributed by atoms with Crippen molar-refractivity contribution in [2.24, 2.45) is 0 Å². The normalized spacial score (nSPS) is 14.5. The fourth-order valence-electron chi connectivity index (χ4n) is 3.38. The van der Waals surface area contributed by atoms with E-state index >= 15 is 0 Å². The largest absolute Gasteiger partial charge is 0.489 e. The molecule has 1 heterocycles. The van der Waals surface area contributed by atoms with Gasteiger partial charge >= 0.3 is 6.03 Å². The average Bonchev–Trinajstić information content (AvgIpc) is 2.86. The van der Waals surface area contributed by atoms with Gasteiger partial charge in [0, 0.05) is 24.3 Å². The Morgan fingerprint density at radius 3 is 2.25 bits per heavy atom. The number of barbiturate groups is 1. The fraction of sp³-hybridized carbons (Fsp3) is 0.0417. The van der Waals surface area contributed by atoms with Crippen LogP contribution in [0.4, 0.5) is 21.9 Å². The molecule has 3 aromatic rings. The van der Waals surface area contributed by atoms with Gasteiger partial charge in [-0.15, -0.1) is 0 Å². The maximum Gasteiger partial charge on any atom is 0.335 e. The van der Waals surface area contributed by atoms with E-state index in [-0.39, 0.29) is 29.2 Å². The Bertz CT molecular complexity index is 1430. The topological polar surface area (TPSA) is 162 Å². The third-order valence-electron chi connectivity index (χ3n) is 5.12. The molecule has 0 radical (unpaired) electrons. The van der Waals surface area contributed by atoms with Crippen molar-refractivity contribution in [2.45, 2.75) is 6.61 Å². The lowest BCUT2D eigenvalue weighted by Gasteiger charge is -2.26. The van der Waals surface area contributed by atoms with Crippen LogP contribution in [0.25, 0.3) is 6.08 Å². The molecule has 0 aliphatic carbocycles. The second-order valence-electron chi connectivity index (χ2n) is 7.52. The monoisotopic (exact) mass is 488 g/mol. The van der Waals surface area contributed by atoms with Gasteiger partial charge in [-0.1, -0.05) is 18.2 Å². The van der Waals surface area contributed by atoms with Crippen molar-refractivity contribution in [3.8, 4) is 5.75 Å². The van der Waals surface area contributed by atoms with Gasteiger partial charge in [-0.3, -0.25) is 35.1 Å². The fourth-order valence-corrected chi connectivity index (χ4v) is 3.38. The van der Waals surface area contributed by atoms with E-state index in [1.807, 2.05) is 0 Å². The smallest absolute Gasteiger partial charge is 0.335 e. The van der Waals surface area contributed by atoms with Crippen LogP contribution in [0, 0.1) is 20.2 Å². The van der Waals surface area contributed by atoms with Crippen molar-refractivity contribution < 1.29 is 29.0 Å². The highest BCUT2D eigenvalue weighted by Crippen LogP contribution is 2.26. The molecule has 3 aromatic carbocycles. The van der Waals surface area contributed by atoms with E-state index in [1.54, 1.807) is 36.4 Å². The summed E-state index contributed by atoms with van der Waals surface area (Å²) in [7, 11) is 0. The molecule has 1 saturated heterocycles. The zero-order valence-electron chi connectivity index (χ0n) is 18.3. The lowest BCUT2D eigenvalue weighted by molar-refractivity contribution is -0.385. The number of hydrogen-bond donors (Lipinski definition) is 1. The number of nitro groups is 2. The van der Waals surface area contributed by atoms with Crippen molar-refractivity contribution in [3.05, 3.63) is 110 Å². The molecule has 0 spiro atoms. The summed E-state index contributed by atoms with van der Waals surface area (Å²) in [5, 5.41) is 23.9. The van der Waals surface area contributed by atoms with Gasteiger partial charge in [-0.2, -0.15) is 0 Å². The molecule has 1 fully saturated rings. The van der Waals surface area contributed by atoms with Gasteiger partial charge < -0.3 is 4.74 Å². The number of nitrogens with one attached hydrogen (secondary N) is 1. The number of carbonyl (C=O) groups is 3. The van der Waals surface area contributed by atoms with Crippen LogP contribution in [0.5, 0.6) is 5.75 Å². The molecule has 4 rings (SSSR count). The summed E-state index contributed by atoms with van der Waals surface area (Å²) < 4.78 is 5.71. The minimum atomic E-state index is -1.03. The summed E-state index contributed by atoms with van der Waals surface area (Å²) in [5.41, 5.74) is 0.327. The first-order valence-corrected chi connectivity index (χ1v) is 10.3. The lowest BCUT2D eigenvalue weighted by atomic mass is 10.1. The molecular formula is C24H16N4O8. The summed E-state index contributed by atoms with van der Waals surface area (Å²) in [4.78, 5) is 59.1. The molecule has 12 nitrogen and oxygen atoms in total. The second-order valence-corrected chi connectivity index (χ2v) is 7.52. The summed E-state index contributed by atoms with van der Waals surface area (Å²) >= 11 is 0. The third-order valence-corrected chi connectivity index (χ3v) is 5.12. The predicted octanol–water partition coefficient (Wildman–Crippen LogP) is 3.75. The highest BCUT2D eigenvalue weighted by atomic mass is 16.6. The Labute approximate surface area is 202 Å². The molecule has 0 aromatic heterocycles. The van der Waals surface area contributed by atoms with Crippen molar-refractivity contribution in [1.82, 2.24) is 5.32 Å². The van der Waals surface area contributed by atoms with Gasteiger partial charge in [-0.25, -0.2) is 9.69 Å². The molecule has 1 aliphatic rings. The maximum absolute atomic E-state index is 13.0. The first-order valence-electron chi connectivity index (χ1n) is 10.3. The van der Waals surface area contributed by atoms with Crippen molar-refractivity contribution in [1.29, 1.82) is 0 Å². The minimum Gasteiger partial charge on any atom is -0.489 e. The quantitative estimate of drug-likeness (QED) is 0.227. The Morgan fingerprint density at radius 1 is 0.861 bits per heavy atom. The number of carbonyl (C=O) groups excluding carboxylic acids is 3. The number of rotatable bonds is 7. The van der Waals surface area contributed by atoms with Crippen LogP contribution in [0.2, 0.25) is 0 Å². The van der Waals surface area contributed by atoms with Crippen LogP contribution in [0.1, 0.15) is 11.1 Å². The van der Waals surface area contributed by atoms with Gasteiger partial charge in [0.15, 0.2) is 0 Å². The highest BCUT2D eigenvalue weighted by Gasteiger charge is 2.37. The van der Waals surface area contributed by atoms with Gasteiger partial charge in [-0.05, 0) is 47.5 Å². The molecule has 36 heavy (non-hydrogen) atoms. The Kier molecular flexibility index (Phi) is 6.50. The lowest BCUT2D eigenvalue weighted by Crippen LogP contribution is -2.54. The zero-order valence-corrected chi connectivity index (χ0v) is 18.3. The second kappa shape index (κ2) is 9.85. The van der Waals surface area contributed by atoms with E-state index < -0.39 is 27.7 Å². The number of non-ortho nitro benzene ring substituents is 2. The zero-order chi connectivity index (χ0) is 25.8. The van der Waals surface area contributed by atoms with Crippen LogP contribution in [0.3, 0.4) is 0 Å². The number of amides is 4. The number of nitrogens with zero attached hydrogens (tertiary/aromatic N) is 3. The third kappa shape index (κ3) is 5.07. The van der Waals surface area contributed by atoms with Crippen LogP contribution < -0.4 is 15.0 Å². The summed E-state index contributed by atoms with van der Waals surface area (Å²) in [6, 6.07) is 16.2. The Balaban J connectivity index is 1.55. The van der Waals surface area contributed by atoms with E-state index in [9.17, 15) is 34.6 Å².